The van der Waals surface area contributed by atoms with Crippen LogP contribution in [0.2, 0.25) is 0 Å². The van der Waals surface area contributed by atoms with Crippen molar-refractivity contribution in [1.82, 2.24) is 0 Å². The summed E-state index contributed by atoms with van der Waals surface area (Å²) in [7, 11) is -7.40. The van der Waals surface area contributed by atoms with E-state index in [1.165, 1.54) is 18.2 Å². The third-order valence-electron chi connectivity index (χ3n) is 2.32. The second-order valence-corrected chi connectivity index (χ2v) is 9.76. The lowest BCUT2D eigenvalue weighted by Crippen LogP contribution is -2.33. The maximum absolute atomic E-state index is 12.0. The summed E-state index contributed by atoms with van der Waals surface area (Å²) >= 11 is 3.11. The molecular formula is C10H15BrN2O4S2. The maximum Gasteiger partial charge on any atom is 0.238 e. The van der Waals surface area contributed by atoms with Gasteiger partial charge in [0.2, 0.25) is 20.0 Å². The van der Waals surface area contributed by atoms with E-state index in [0.717, 1.165) is 0 Å². The molecule has 0 aliphatic carbocycles. The lowest BCUT2D eigenvalue weighted by atomic mass is 10.3. The van der Waals surface area contributed by atoms with Crippen LogP contribution in [-0.4, -0.2) is 21.6 Å². The number of benzene rings is 1. The lowest BCUT2D eigenvalue weighted by molar-refractivity contribution is 0.566. The number of sulfonamides is 2. The molecule has 0 aliphatic heterocycles. The Balaban J connectivity index is 3.20. The highest BCUT2D eigenvalue weighted by Crippen LogP contribution is 2.28. The molecule has 0 fully saturated rings. The van der Waals surface area contributed by atoms with Gasteiger partial charge in [-0.05, 0) is 54.9 Å². The lowest BCUT2D eigenvalue weighted by Gasteiger charge is -2.21. The molecule has 0 aliphatic rings. The molecule has 6 nitrogen and oxygen atoms in total. The quantitative estimate of drug-likeness (QED) is 0.842. The third-order valence-corrected chi connectivity index (χ3v) is 5.99. The van der Waals surface area contributed by atoms with Gasteiger partial charge >= 0.3 is 0 Å². The highest BCUT2D eigenvalue weighted by atomic mass is 79.9. The maximum atomic E-state index is 12.0. The van der Waals surface area contributed by atoms with E-state index in [0.29, 0.717) is 4.47 Å². The van der Waals surface area contributed by atoms with E-state index in [4.69, 9.17) is 5.14 Å². The van der Waals surface area contributed by atoms with Crippen LogP contribution >= 0.6 is 15.9 Å². The fraction of sp³-hybridized carbons (Fsp3) is 0.400. The first-order valence-corrected chi connectivity index (χ1v) is 9.01. The Hall–Kier alpha value is -0.640. The minimum atomic E-state index is -3.82. The van der Waals surface area contributed by atoms with Gasteiger partial charge in [0.1, 0.15) is 0 Å². The molecular weight excluding hydrogens is 356 g/mol. The summed E-state index contributed by atoms with van der Waals surface area (Å²) in [6.07, 6.45) is 0. The summed E-state index contributed by atoms with van der Waals surface area (Å²) in [5.74, 6) is 0. The molecule has 19 heavy (non-hydrogen) atoms. The van der Waals surface area contributed by atoms with Crippen molar-refractivity contribution in [3.05, 3.63) is 22.7 Å². The number of rotatable bonds is 3. The van der Waals surface area contributed by atoms with Gasteiger partial charge < -0.3 is 0 Å². The molecule has 0 spiro atoms. The Morgan fingerprint density at radius 2 is 1.68 bits per heavy atom. The van der Waals surface area contributed by atoms with E-state index in [2.05, 4.69) is 20.7 Å². The molecule has 0 saturated heterocycles. The highest BCUT2D eigenvalue weighted by Gasteiger charge is 2.29. The molecule has 0 bridgehead atoms. The van der Waals surface area contributed by atoms with Crippen molar-refractivity contribution in [3.8, 4) is 0 Å². The Kier molecular flexibility index (Phi) is 4.35. The van der Waals surface area contributed by atoms with Crippen LogP contribution in [0.5, 0.6) is 0 Å². The van der Waals surface area contributed by atoms with Gasteiger partial charge in [0, 0.05) is 4.47 Å². The van der Waals surface area contributed by atoms with E-state index in [1.807, 2.05) is 0 Å². The van der Waals surface area contributed by atoms with E-state index in [1.54, 1.807) is 20.8 Å². The fourth-order valence-corrected chi connectivity index (χ4v) is 3.13. The molecule has 0 amide bonds. The zero-order valence-electron chi connectivity index (χ0n) is 10.6. The Morgan fingerprint density at radius 3 is 2.05 bits per heavy atom. The summed E-state index contributed by atoms with van der Waals surface area (Å²) in [5, 5.41) is 4.98. The smallest absolute Gasteiger partial charge is 0.238 e. The average molecular weight is 371 g/mol. The third kappa shape index (κ3) is 3.91. The van der Waals surface area contributed by atoms with Crippen molar-refractivity contribution in [2.45, 2.75) is 30.4 Å². The van der Waals surface area contributed by atoms with Gasteiger partial charge in [0.05, 0.1) is 15.3 Å². The van der Waals surface area contributed by atoms with Crippen molar-refractivity contribution in [2.75, 3.05) is 4.72 Å². The molecule has 108 valence electrons. The van der Waals surface area contributed by atoms with Crippen molar-refractivity contribution < 1.29 is 16.8 Å². The Morgan fingerprint density at radius 1 is 1.16 bits per heavy atom. The molecule has 1 aromatic rings. The molecule has 0 unspecified atom stereocenters. The monoisotopic (exact) mass is 370 g/mol. The zero-order chi connectivity index (χ0) is 15.1. The number of anilines is 1. The number of primary sulfonamides is 1. The van der Waals surface area contributed by atoms with Crippen molar-refractivity contribution in [2.24, 2.45) is 5.14 Å². The number of hydrogen-bond donors (Lipinski definition) is 2. The first kappa shape index (κ1) is 16.4. The van der Waals surface area contributed by atoms with E-state index < -0.39 is 24.8 Å². The number of nitrogens with two attached hydrogens (primary N) is 1. The zero-order valence-corrected chi connectivity index (χ0v) is 13.9. The van der Waals surface area contributed by atoms with Gasteiger partial charge in [-0.3, -0.25) is 4.72 Å². The summed E-state index contributed by atoms with van der Waals surface area (Å²) in [5.41, 5.74) is 0.252. The van der Waals surface area contributed by atoms with Crippen molar-refractivity contribution >= 4 is 41.7 Å². The molecule has 1 rings (SSSR count). The molecule has 3 N–H and O–H groups in total. The van der Waals surface area contributed by atoms with Gasteiger partial charge in [-0.1, -0.05) is 0 Å². The van der Waals surface area contributed by atoms with Crippen LogP contribution in [0.4, 0.5) is 5.69 Å². The van der Waals surface area contributed by atoms with Gasteiger partial charge in [0.15, 0.2) is 0 Å². The first-order valence-electron chi connectivity index (χ1n) is 5.19. The number of hydrogen-bond acceptors (Lipinski definition) is 4. The molecule has 0 aromatic heterocycles. The van der Waals surface area contributed by atoms with E-state index in [9.17, 15) is 16.8 Å². The highest BCUT2D eigenvalue weighted by molar-refractivity contribution is 9.10. The molecule has 1 aromatic carbocycles. The average Bonchev–Trinajstić information content (AvgIpc) is 2.17. The number of halogens is 1. The van der Waals surface area contributed by atoms with Crippen molar-refractivity contribution in [3.63, 3.8) is 0 Å². The van der Waals surface area contributed by atoms with Crippen molar-refractivity contribution in [1.29, 1.82) is 0 Å². The van der Waals surface area contributed by atoms with Crippen LogP contribution in [0.1, 0.15) is 20.8 Å². The Bertz CT molecular complexity index is 691. The molecule has 0 saturated carbocycles. The SMILES string of the molecule is CC(C)(C)S(=O)(=O)Nc1ccc(S(N)(=O)=O)cc1Br. The predicted octanol–water partition coefficient (Wildman–Crippen LogP) is 1.64. The fourth-order valence-electron chi connectivity index (χ4n) is 1.05. The topological polar surface area (TPSA) is 106 Å². The number of nitrogens with one attached hydrogen (secondary N) is 1. The minimum Gasteiger partial charge on any atom is -0.282 e. The van der Waals surface area contributed by atoms with Crippen LogP contribution in [-0.2, 0) is 20.0 Å². The van der Waals surface area contributed by atoms with Gasteiger partial charge in [-0.25, -0.2) is 22.0 Å². The summed E-state index contributed by atoms with van der Waals surface area (Å²) in [4.78, 5) is -0.0990. The van der Waals surface area contributed by atoms with Crippen LogP contribution in [0.3, 0.4) is 0 Å². The molecule has 0 atom stereocenters. The Labute approximate surface area is 121 Å². The second kappa shape index (κ2) is 5.04. The van der Waals surface area contributed by atoms with Crippen LogP contribution < -0.4 is 9.86 Å². The molecule has 0 radical (unpaired) electrons. The normalized spacial score (nSPS) is 13.3. The summed E-state index contributed by atoms with van der Waals surface area (Å²) < 4.78 is 48.0. The second-order valence-electron chi connectivity index (χ2n) is 4.90. The van der Waals surface area contributed by atoms with Gasteiger partial charge in [-0.2, -0.15) is 0 Å². The summed E-state index contributed by atoms with van der Waals surface area (Å²) in [6, 6.07) is 3.82. The van der Waals surface area contributed by atoms with E-state index in [-0.39, 0.29) is 10.6 Å². The molecule has 9 heteroatoms. The minimum absolute atomic E-state index is 0.0990. The molecule has 0 heterocycles. The largest absolute Gasteiger partial charge is 0.282 e. The van der Waals surface area contributed by atoms with Gasteiger partial charge in [0.25, 0.3) is 0 Å². The first-order chi connectivity index (χ1) is 8.34. The predicted molar refractivity (Wildman–Crippen MR) is 77.8 cm³/mol. The van der Waals surface area contributed by atoms with Crippen LogP contribution in [0.25, 0.3) is 0 Å². The van der Waals surface area contributed by atoms with Gasteiger partial charge in [-0.15, -0.1) is 0 Å². The van der Waals surface area contributed by atoms with Crippen LogP contribution in [0.15, 0.2) is 27.6 Å². The standard InChI is InChI=1S/C10H15BrN2O4S2/c1-10(2,3)19(16,17)13-9-5-4-7(6-8(9)11)18(12,14)15/h4-6,13H,1-3H3,(H2,12,14,15). The van der Waals surface area contributed by atoms with E-state index >= 15 is 0 Å². The van der Waals surface area contributed by atoms with Crippen LogP contribution in [0, 0.1) is 0 Å². The summed E-state index contributed by atoms with van der Waals surface area (Å²) in [6.45, 7) is 4.67.